The zero-order chi connectivity index (χ0) is 17.6. The number of halogens is 1. The Morgan fingerprint density at radius 2 is 2.17 bits per heavy atom. The topological polar surface area (TPSA) is 50.5 Å². The lowest BCUT2D eigenvalue weighted by atomic mass is 10.0. The van der Waals surface area contributed by atoms with Crippen LogP contribution in [0.4, 0.5) is 4.39 Å². The SMILES string of the molecule is CCOc1cccc(F)c1CCN1C=CC=CC1(CC)NC(N)=S. The number of rotatable bonds is 7. The third kappa shape index (κ3) is 4.06. The Morgan fingerprint density at radius 3 is 2.83 bits per heavy atom. The maximum Gasteiger partial charge on any atom is 0.165 e. The van der Waals surface area contributed by atoms with E-state index in [1.54, 1.807) is 12.1 Å². The molecule has 1 aliphatic heterocycles. The number of nitrogens with one attached hydrogen (secondary N) is 1. The van der Waals surface area contributed by atoms with E-state index in [0.29, 0.717) is 30.9 Å². The molecule has 0 fully saturated rings. The van der Waals surface area contributed by atoms with Crippen LogP contribution in [0.15, 0.2) is 42.6 Å². The molecule has 0 amide bonds. The van der Waals surface area contributed by atoms with Gasteiger partial charge in [0.1, 0.15) is 17.2 Å². The summed E-state index contributed by atoms with van der Waals surface area (Å²) < 4.78 is 19.8. The predicted molar refractivity (Wildman–Crippen MR) is 99.2 cm³/mol. The van der Waals surface area contributed by atoms with Gasteiger partial charge in [0.25, 0.3) is 0 Å². The fraction of sp³-hybridized carbons (Fsp3) is 0.389. The van der Waals surface area contributed by atoms with Crippen LogP contribution in [0.1, 0.15) is 25.8 Å². The van der Waals surface area contributed by atoms with Crippen LogP contribution >= 0.6 is 12.2 Å². The van der Waals surface area contributed by atoms with E-state index in [-0.39, 0.29) is 10.9 Å². The van der Waals surface area contributed by atoms with Crippen molar-refractivity contribution < 1.29 is 9.13 Å². The van der Waals surface area contributed by atoms with E-state index in [4.69, 9.17) is 22.7 Å². The highest BCUT2D eigenvalue weighted by Gasteiger charge is 2.32. The molecule has 0 saturated heterocycles. The highest BCUT2D eigenvalue weighted by Crippen LogP contribution is 2.26. The molecule has 0 aromatic heterocycles. The molecule has 24 heavy (non-hydrogen) atoms. The van der Waals surface area contributed by atoms with Gasteiger partial charge in [-0.15, -0.1) is 0 Å². The first kappa shape index (κ1) is 18.3. The van der Waals surface area contributed by atoms with Crippen molar-refractivity contribution in [2.45, 2.75) is 32.4 Å². The number of ether oxygens (including phenoxy) is 1. The largest absolute Gasteiger partial charge is 0.493 e. The highest BCUT2D eigenvalue weighted by molar-refractivity contribution is 7.80. The van der Waals surface area contributed by atoms with E-state index < -0.39 is 5.66 Å². The Bertz CT molecular complexity index is 647. The molecule has 0 spiro atoms. The smallest absolute Gasteiger partial charge is 0.165 e. The quantitative estimate of drug-likeness (QED) is 0.741. The molecule has 4 nitrogen and oxygen atoms in total. The second kappa shape index (κ2) is 8.15. The van der Waals surface area contributed by atoms with Crippen LogP contribution in [-0.2, 0) is 6.42 Å². The van der Waals surface area contributed by atoms with Crippen LogP contribution in [0.3, 0.4) is 0 Å². The maximum absolute atomic E-state index is 14.2. The van der Waals surface area contributed by atoms with E-state index >= 15 is 0 Å². The van der Waals surface area contributed by atoms with E-state index in [2.05, 4.69) is 17.1 Å². The summed E-state index contributed by atoms with van der Waals surface area (Å²) in [6.07, 6.45) is 9.18. The normalized spacial score (nSPS) is 19.4. The molecule has 1 aromatic carbocycles. The Morgan fingerprint density at radius 1 is 1.38 bits per heavy atom. The van der Waals surface area contributed by atoms with Crippen molar-refractivity contribution >= 4 is 17.3 Å². The molecule has 1 unspecified atom stereocenters. The van der Waals surface area contributed by atoms with Gasteiger partial charge in [0.15, 0.2) is 5.11 Å². The molecular weight excluding hydrogens is 325 g/mol. The Labute approximate surface area is 148 Å². The van der Waals surface area contributed by atoms with Gasteiger partial charge in [-0.2, -0.15) is 0 Å². The van der Waals surface area contributed by atoms with E-state index in [9.17, 15) is 4.39 Å². The lowest BCUT2D eigenvalue weighted by Gasteiger charge is -2.43. The van der Waals surface area contributed by atoms with Crippen molar-refractivity contribution in [1.82, 2.24) is 10.2 Å². The van der Waals surface area contributed by atoms with Crippen LogP contribution in [0.5, 0.6) is 5.75 Å². The van der Waals surface area contributed by atoms with Crippen molar-refractivity contribution in [1.29, 1.82) is 0 Å². The first-order chi connectivity index (χ1) is 11.5. The summed E-state index contributed by atoms with van der Waals surface area (Å²) >= 11 is 5.02. The highest BCUT2D eigenvalue weighted by atomic mass is 32.1. The predicted octanol–water partition coefficient (Wildman–Crippen LogP) is 3.09. The third-order valence-corrected chi connectivity index (χ3v) is 4.22. The van der Waals surface area contributed by atoms with Crippen LogP contribution < -0.4 is 15.8 Å². The Hall–Kier alpha value is -2.08. The van der Waals surface area contributed by atoms with Gasteiger partial charge in [-0.1, -0.05) is 19.1 Å². The van der Waals surface area contributed by atoms with E-state index in [1.165, 1.54) is 6.07 Å². The van der Waals surface area contributed by atoms with Gasteiger partial charge < -0.3 is 20.7 Å². The number of hydrogen-bond donors (Lipinski definition) is 2. The molecule has 1 aliphatic rings. The van der Waals surface area contributed by atoms with Crippen molar-refractivity contribution in [3.63, 3.8) is 0 Å². The number of thiocarbonyl (C=S) groups is 1. The number of nitrogens with zero attached hydrogens (tertiary/aromatic N) is 1. The maximum atomic E-state index is 14.2. The minimum absolute atomic E-state index is 0.239. The van der Waals surface area contributed by atoms with Gasteiger partial charge >= 0.3 is 0 Å². The van der Waals surface area contributed by atoms with Gasteiger partial charge in [-0.3, -0.25) is 0 Å². The van der Waals surface area contributed by atoms with Crippen molar-refractivity contribution in [3.05, 3.63) is 54.0 Å². The van der Waals surface area contributed by atoms with Gasteiger partial charge in [0.2, 0.25) is 0 Å². The summed E-state index contributed by atoms with van der Waals surface area (Å²) in [5, 5.41) is 3.40. The monoisotopic (exact) mass is 349 g/mol. The lowest BCUT2D eigenvalue weighted by molar-refractivity contribution is 0.170. The Balaban J connectivity index is 2.19. The molecule has 0 bridgehead atoms. The third-order valence-electron chi connectivity index (χ3n) is 4.12. The van der Waals surface area contributed by atoms with Crippen LogP contribution in [0.2, 0.25) is 0 Å². The molecule has 1 heterocycles. The standard InChI is InChI=1S/C18H24FN3OS/c1-3-18(21-17(20)24)11-5-6-12-22(18)13-10-14-15(19)8-7-9-16(14)23-4-2/h5-9,11-12H,3-4,10,13H2,1-2H3,(H3,20,21,24). The fourth-order valence-electron chi connectivity index (χ4n) is 2.91. The number of nitrogens with two attached hydrogens (primary N) is 1. The molecule has 0 aliphatic carbocycles. The van der Waals surface area contributed by atoms with Crippen molar-refractivity contribution in [2.24, 2.45) is 5.73 Å². The molecule has 3 N–H and O–H groups in total. The summed E-state index contributed by atoms with van der Waals surface area (Å²) in [5.41, 5.74) is 5.79. The number of benzene rings is 1. The summed E-state index contributed by atoms with van der Waals surface area (Å²) in [7, 11) is 0. The molecule has 1 aromatic rings. The molecular formula is C18H24FN3OS. The minimum atomic E-state index is -0.488. The zero-order valence-corrected chi connectivity index (χ0v) is 14.9. The Kier molecular flexibility index (Phi) is 6.20. The van der Waals surface area contributed by atoms with Crippen molar-refractivity contribution in [2.75, 3.05) is 13.2 Å². The first-order valence-corrected chi connectivity index (χ1v) is 8.53. The van der Waals surface area contributed by atoms with E-state index in [1.807, 2.05) is 31.4 Å². The fourth-order valence-corrected chi connectivity index (χ4v) is 3.09. The summed E-state index contributed by atoms with van der Waals surface area (Å²) in [6.45, 7) is 5.05. The molecule has 6 heteroatoms. The minimum Gasteiger partial charge on any atom is -0.493 e. The second-order valence-corrected chi connectivity index (χ2v) is 6.00. The summed E-state index contributed by atoms with van der Waals surface area (Å²) in [6, 6.07) is 4.93. The van der Waals surface area contributed by atoms with Gasteiger partial charge in [0, 0.05) is 18.3 Å². The van der Waals surface area contributed by atoms with E-state index in [0.717, 1.165) is 6.42 Å². The number of allylic oxidation sites excluding steroid dienone is 2. The van der Waals surface area contributed by atoms with Gasteiger partial charge in [-0.25, -0.2) is 4.39 Å². The van der Waals surface area contributed by atoms with Gasteiger partial charge in [-0.05, 0) is 56.3 Å². The summed E-state index contributed by atoms with van der Waals surface area (Å²) in [5.74, 6) is 0.348. The average molecular weight is 349 g/mol. The molecule has 0 radical (unpaired) electrons. The average Bonchev–Trinajstić information content (AvgIpc) is 2.55. The zero-order valence-electron chi connectivity index (χ0n) is 14.1. The first-order valence-electron chi connectivity index (χ1n) is 8.13. The summed E-state index contributed by atoms with van der Waals surface area (Å²) in [4.78, 5) is 2.09. The second-order valence-electron chi connectivity index (χ2n) is 5.56. The van der Waals surface area contributed by atoms with Crippen LogP contribution in [0, 0.1) is 5.82 Å². The number of hydrogen-bond acceptors (Lipinski definition) is 3. The van der Waals surface area contributed by atoms with Crippen LogP contribution in [-0.4, -0.2) is 28.8 Å². The van der Waals surface area contributed by atoms with Crippen LogP contribution in [0.25, 0.3) is 0 Å². The van der Waals surface area contributed by atoms with Crippen molar-refractivity contribution in [3.8, 4) is 5.75 Å². The molecule has 1 atom stereocenters. The van der Waals surface area contributed by atoms with Gasteiger partial charge in [0.05, 0.1) is 6.61 Å². The molecule has 2 rings (SSSR count). The molecule has 0 saturated carbocycles. The lowest BCUT2D eigenvalue weighted by Crippen LogP contribution is -2.59. The molecule has 130 valence electrons.